The molecule has 114 valence electrons. The van der Waals surface area contributed by atoms with Gasteiger partial charge in [0.1, 0.15) is 5.75 Å². The van der Waals surface area contributed by atoms with E-state index in [2.05, 4.69) is 15.8 Å². The molecule has 0 spiro atoms. The molecule has 0 radical (unpaired) electrons. The molecule has 1 aromatic carbocycles. The molecular formula is C13H18N4O4. The predicted molar refractivity (Wildman–Crippen MR) is 76.1 cm³/mol. The van der Waals surface area contributed by atoms with Gasteiger partial charge in [-0.15, -0.1) is 0 Å². The van der Waals surface area contributed by atoms with E-state index >= 15 is 0 Å². The lowest BCUT2D eigenvalue weighted by Crippen LogP contribution is -2.32. The van der Waals surface area contributed by atoms with Gasteiger partial charge in [0.2, 0.25) is 5.91 Å². The Morgan fingerprint density at radius 1 is 1.33 bits per heavy atom. The van der Waals surface area contributed by atoms with Crippen LogP contribution in [0, 0.1) is 0 Å². The number of nitrogens with one attached hydrogen (secondary N) is 2. The van der Waals surface area contributed by atoms with Crippen LogP contribution in [-0.2, 0) is 9.59 Å². The number of ether oxygens (including phenoxy) is 1. The van der Waals surface area contributed by atoms with Gasteiger partial charge in [0.05, 0.1) is 5.56 Å². The average Bonchev–Trinajstić information content (AvgIpc) is 2.52. The first-order chi connectivity index (χ1) is 10.1. The highest BCUT2D eigenvalue weighted by Gasteiger charge is 2.09. The van der Waals surface area contributed by atoms with Crippen molar-refractivity contribution in [3.8, 4) is 5.75 Å². The van der Waals surface area contributed by atoms with E-state index in [1.807, 2.05) is 0 Å². The highest BCUT2D eigenvalue weighted by atomic mass is 16.5. The molecule has 0 saturated heterocycles. The van der Waals surface area contributed by atoms with E-state index in [1.54, 1.807) is 24.3 Å². The molecule has 1 aromatic rings. The molecule has 0 saturated carbocycles. The quantitative estimate of drug-likeness (QED) is 0.231. The van der Waals surface area contributed by atoms with Crippen molar-refractivity contribution in [3.63, 3.8) is 0 Å². The second-order valence-corrected chi connectivity index (χ2v) is 4.04. The predicted octanol–water partition coefficient (Wildman–Crippen LogP) is -0.588. The van der Waals surface area contributed by atoms with E-state index < -0.39 is 0 Å². The number of amidine groups is 1. The summed E-state index contributed by atoms with van der Waals surface area (Å²) in [6, 6.07) is 6.61. The molecule has 8 nitrogen and oxygen atoms in total. The minimum Gasteiger partial charge on any atom is -0.483 e. The van der Waals surface area contributed by atoms with Crippen LogP contribution in [0.1, 0.15) is 12.0 Å². The summed E-state index contributed by atoms with van der Waals surface area (Å²) in [4.78, 5) is 22.5. The molecule has 0 aliphatic carbocycles. The Bertz CT molecular complexity index is 531. The Hall–Kier alpha value is -2.77. The Labute approximate surface area is 122 Å². The molecule has 21 heavy (non-hydrogen) atoms. The third-order valence-electron chi connectivity index (χ3n) is 2.58. The molecular weight excluding hydrogens is 276 g/mol. The van der Waals surface area contributed by atoms with Crippen molar-refractivity contribution in [2.24, 2.45) is 10.9 Å². The maximum Gasteiger partial charge on any atom is 0.257 e. The Morgan fingerprint density at radius 3 is 2.71 bits per heavy atom. The van der Waals surface area contributed by atoms with Crippen molar-refractivity contribution < 1.29 is 19.5 Å². The molecule has 2 amide bonds. The first-order valence-corrected chi connectivity index (χ1v) is 6.25. The topological polar surface area (TPSA) is 126 Å². The number of amides is 2. The number of nitrogens with two attached hydrogens (primary N) is 1. The Balaban J connectivity index is 2.48. The van der Waals surface area contributed by atoms with E-state index in [0.29, 0.717) is 11.3 Å². The highest BCUT2D eigenvalue weighted by molar-refractivity contribution is 5.99. The van der Waals surface area contributed by atoms with Crippen molar-refractivity contribution in [2.45, 2.75) is 6.42 Å². The first kappa shape index (κ1) is 16.3. The standard InChI is InChI=1S/C13H18N4O4/c1-15-11(18)6-7-16-12(19)8-21-10-5-3-2-4-9(10)13(14)17-20/h2-5,20H,6-8H2,1H3,(H2,14,17)(H,15,18)(H,16,19). The van der Waals surface area contributed by atoms with Crippen molar-refractivity contribution in [1.29, 1.82) is 0 Å². The minimum atomic E-state index is -0.367. The van der Waals surface area contributed by atoms with Crippen LogP contribution < -0.4 is 21.1 Å². The fraction of sp³-hybridized carbons (Fsp3) is 0.308. The largest absolute Gasteiger partial charge is 0.483 e. The summed E-state index contributed by atoms with van der Waals surface area (Å²) >= 11 is 0. The number of hydrogen-bond acceptors (Lipinski definition) is 5. The second-order valence-electron chi connectivity index (χ2n) is 4.04. The first-order valence-electron chi connectivity index (χ1n) is 6.25. The van der Waals surface area contributed by atoms with Gasteiger partial charge in [-0.3, -0.25) is 9.59 Å². The zero-order chi connectivity index (χ0) is 15.7. The number of nitrogens with zero attached hydrogens (tertiary/aromatic N) is 1. The molecule has 0 heterocycles. The molecule has 0 atom stereocenters. The zero-order valence-corrected chi connectivity index (χ0v) is 11.6. The van der Waals surface area contributed by atoms with Crippen LogP contribution in [-0.4, -0.2) is 43.1 Å². The van der Waals surface area contributed by atoms with Crippen LogP contribution in [0.25, 0.3) is 0 Å². The van der Waals surface area contributed by atoms with Crippen LogP contribution in [0.2, 0.25) is 0 Å². The normalized spacial score (nSPS) is 10.8. The number of para-hydroxylation sites is 1. The van der Waals surface area contributed by atoms with Gasteiger partial charge < -0.3 is 26.3 Å². The molecule has 0 aromatic heterocycles. The number of carbonyl (C=O) groups excluding carboxylic acids is 2. The van der Waals surface area contributed by atoms with Crippen LogP contribution in [0.4, 0.5) is 0 Å². The monoisotopic (exact) mass is 294 g/mol. The van der Waals surface area contributed by atoms with Crippen LogP contribution in [0.15, 0.2) is 29.4 Å². The molecule has 0 bridgehead atoms. The van der Waals surface area contributed by atoms with Crippen molar-refractivity contribution in [1.82, 2.24) is 10.6 Å². The fourth-order valence-corrected chi connectivity index (χ4v) is 1.49. The van der Waals surface area contributed by atoms with Gasteiger partial charge in [-0.1, -0.05) is 17.3 Å². The number of carbonyl (C=O) groups is 2. The molecule has 8 heteroatoms. The third kappa shape index (κ3) is 5.39. The third-order valence-corrected chi connectivity index (χ3v) is 2.58. The maximum absolute atomic E-state index is 11.6. The molecule has 5 N–H and O–H groups in total. The lowest BCUT2D eigenvalue weighted by atomic mass is 10.2. The van der Waals surface area contributed by atoms with Gasteiger partial charge in [0.25, 0.3) is 5.91 Å². The number of benzene rings is 1. The summed E-state index contributed by atoms with van der Waals surface area (Å²) in [5.41, 5.74) is 5.89. The highest BCUT2D eigenvalue weighted by Crippen LogP contribution is 2.17. The van der Waals surface area contributed by atoms with E-state index in [4.69, 9.17) is 15.7 Å². The van der Waals surface area contributed by atoms with Crippen LogP contribution >= 0.6 is 0 Å². The van der Waals surface area contributed by atoms with Crippen molar-refractivity contribution in [3.05, 3.63) is 29.8 Å². The lowest BCUT2D eigenvalue weighted by molar-refractivity contribution is -0.123. The minimum absolute atomic E-state index is 0.106. The summed E-state index contributed by atoms with van der Waals surface area (Å²) in [5, 5.41) is 16.6. The van der Waals surface area contributed by atoms with Gasteiger partial charge in [-0.25, -0.2) is 0 Å². The Kier molecular flexibility index (Phi) is 6.52. The van der Waals surface area contributed by atoms with Gasteiger partial charge in [0.15, 0.2) is 12.4 Å². The summed E-state index contributed by atoms with van der Waals surface area (Å²) in [6.07, 6.45) is 0.197. The summed E-state index contributed by atoms with van der Waals surface area (Å²) in [5.74, 6) is -0.304. The van der Waals surface area contributed by atoms with E-state index in [9.17, 15) is 9.59 Å². The summed E-state index contributed by atoms with van der Waals surface area (Å²) < 4.78 is 5.32. The van der Waals surface area contributed by atoms with Gasteiger partial charge in [0, 0.05) is 20.0 Å². The van der Waals surface area contributed by atoms with E-state index in [1.165, 1.54) is 7.05 Å². The summed E-state index contributed by atoms with van der Waals surface area (Å²) in [7, 11) is 1.53. The molecule has 0 fully saturated rings. The average molecular weight is 294 g/mol. The zero-order valence-electron chi connectivity index (χ0n) is 11.6. The van der Waals surface area contributed by atoms with Crippen LogP contribution in [0.3, 0.4) is 0 Å². The van der Waals surface area contributed by atoms with E-state index in [-0.39, 0.29) is 37.2 Å². The van der Waals surface area contributed by atoms with Gasteiger partial charge in [-0.05, 0) is 12.1 Å². The molecule has 1 rings (SSSR count). The van der Waals surface area contributed by atoms with Gasteiger partial charge in [-0.2, -0.15) is 0 Å². The second kappa shape index (κ2) is 8.41. The SMILES string of the molecule is CNC(=O)CCNC(=O)COc1ccccc1C(N)=NO. The smallest absolute Gasteiger partial charge is 0.257 e. The van der Waals surface area contributed by atoms with Crippen molar-refractivity contribution >= 4 is 17.6 Å². The fourth-order valence-electron chi connectivity index (χ4n) is 1.49. The Morgan fingerprint density at radius 2 is 2.05 bits per heavy atom. The number of rotatable bonds is 7. The van der Waals surface area contributed by atoms with Gasteiger partial charge >= 0.3 is 0 Å². The molecule has 0 aliphatic heterocycles. The lowest BCUT2D eigenvalue weighted by Gasteiger charge is -2.10. The molecule has 0 aliphatic rings. The number of hydrogen-bond donors (Lipinski definition) is 4. The molecule has 0 unspecified atom stereocenters. The van der Waals surface area contributed by atoms with Crippen molar-refractivity contribution in [2.75, 3.05) is 20.2 Å². The maximum atomic E-state index is 11.6. The summed E-state index contributed by atoms with van der Waals surface area (Å²) in [6.45, 7) is -0.00673. The number of oxime groups is 1. The van der Waals surface area contributed by atoms with E-state index in [0.717, 1.165) is 0 Å². The van der Waals surface area contributed by atoms with Crippen LogP contribution in [0.5, 0.6) is 5.75 Å².